The molecular formula is C18H27N3O6. The molecule has 0 aliphatic rings. The quantitative estimate of drug-likeness (QED) is 0.394. The van der Waals surface area contributed by atoms with Crippen molar-refractivity contribution in [1.29, 1.82) is 0 Å². The predicted octanol–water partition coefficient (Wildman–Crippen LogP) is 1.16. The molecule has 1 heterocycles. The van der Waals surface area contributed by atoms with Crippen LogP contribution in [0.2, 0.25) is 0 Å². The first-order valence-corrected chi connectivity index (χ1v) is 8.61. The molecule has 27 heavy (non-hydrogen) atoms. The number of aromatic nitrogens is 1. The molecule has 1 rings (SSSR count). The molecule has 0 aromatic carbocycles. The third-order valence-electron chi connectivity index (χ3n) is 3.57. The number of ether oxygens (including phenoxy) is 1. The maximum absolute atomic E-state index is 12.3. The largest absolute Gasteiger partial charge is 0.478 e. The summed E-state index contributed by atoms with van der Waals surface area (Å²) in [4.78, 5) is 49.3. The third-order valence-corrected chi connectivity index (χ3v) is 3.57. The van der Waals surface area contributed by atoms with Crippen LogP contribution in [0.25, 0.3) is 0 Å². The van der Waals surface area contributed by atoms with E-state index in [9.17, 15) is 24.3 Å². The molecule has 0 unspecified atom stereocenters. The summed E-state index contributed by atoms with van der Waals surface area (Å²) in [7, 11) is 0. The predicted molar refractivity (Wildman–Crippen MR) is 97.7 cm³/mol. The van der Waals surface area contributed by atoms with Crippen LogP contribution in [0.4, 0.5) is 0 Å². The number of carboxylic acid groups (broad SMARTS) is 1. The topological polar surface area (TPSA) is 138 Å². The highest BCUT2D eigenvalue weighted by molar-refractivity contribution is 5.98. The molecule has 0 radical (unpaired) electrons. The van der Waals surface area contributed by atoms with Crippen LogP contribution in [0, 0.1) is 6.92 Å². The van der Waals surface area contributed by atoms with Crippen molar-refractivity contribution in [3.05, 3.63) is 22.5 Å². The normalized spacial score (nSPS) is 11.0. The number of rotatable bonds is 8. The summed E-state index contributed by atoms with van der Waals surface area (Å²) in [6.07, 6.45) is 0.158. The summed E-state index contributed by atoms with van der Waals surface area (Å²) in [5, 5.41) is 14.6. The Morgan fingerprint density at radius 1 is 1.11 bits per heavy atom. The smallest absolute Gasteiger partial charge is 0.355 e. The zero-order valence-corrected chi connectivity index (χ0v) is 16.3. The Morgan fingerprint density at radius 2 is 1.70 bits per heavy atom. The van der Waals surface area contributed by atoms with E-state index in [1.807, 2.05) is 0 Å². The second kappa shape index (κ2) is 9.20. The molecule has 150 valence electrons. The minimum atomic E-state index is -1.18. The number of esters is 1. The van der Waals surface area contributed by atoms with E-state index in [1.54, 1.807) is 20.8 Å². The molecule has 0 bridgehead atoms. The van der Waals surface area contributed by atoms with Gasteiger partial charge in [-0.25, -0.2) is 9.59 Å². The highest BCUT2D eigenvalue weighted by Gasteiger charge is 2.27. The Kier molecular flexibility index (Phi) is 7.56. The summed E-state index contributed by atoms with van der Waals surface area (Å²) in [6.45, 7) is 8.64. The molecule has 9 heteroatoms. The summed E-state index contributed by atoms with van der Waals surface area (Å²) in [5.41, 5.74) is -0.104. The van der Waals surface area contributed by atoms with Crippen molar-refractivity contribution in [2.45, 2.75) is 53.1 Å². The van der Waals surface area contributed by atoms with Crippen LogP contribution in [0.3, 0.4) is 0 Å². The van der Waals surface area contributed by atoms with Crippen molar-refractivity contribution in [3.63, 3.8) is 0 Å². The van der Waals surface area contributed by atoms with Gasteiger partial charge < -0.3 is 25.5 Å². The number of carbonyl (C=O) groups excluding carboxylic acids is 3. The zero-order chi connectivity index (χ0) is 20.8. The molecule has 0 saturated carbocycles. The van der Waals surface area contributed by atoms with Gasteiger partial charge in [0.25, 0.3) is 0 Å². The van der Waals surface area contributed by atoms with Crippen LogP contribution in [-0.4, -0.2) is 52.5 Å². The second-order valence-corrected chi connectivity index (χ2v) is 7.12. The van der Waals surface area contributed by atoms with Gasteiger partial charge >= 0.3 is 11.9 Å². The number of hydrogen-bond donors (Lipinski definition) is 4. The molecule has 0 fully saturated rings. The van der Waals surface area contributed by atoms with Crippen molar-refractivity contribution >= 4 is 23.8 Å². The van der Waals surface area contributed by atoms with E-state index in [0.29, 0.717) is 6.54 Å². The van der Waals surface area contributed by atoms with Crippen LogP contribution in [0.1, 0.15) is 66.2 Å². The lowest BCUT2D eigenvalue weighted by Gasteiger charge is -2.19. The first-order chi connectivity index (χ1) is 12.4. The number of aromatic carboxylic acids is 1. The lowest BCUT2D eigenvalue weighted by atomic mass is 10.1. The SMILES string of the molecule is CC(=O)NCCNC(=O)CCc1[nH]c(C(=O)OC(C)(C)C)c(C)c1C(=O)O. The van der Waals surface area contributed by atoms with Crippen molar-refractivity contribution in [3.8, 4) is 0 Å². The van der Waals surface area contributed by atoms with Crippen LogP contribution in [-0.2, 0) is 20.7 Å². The number of aryl methyl sites for hydroxylation is 1. The number of aromatic amines is 1. The molecule has 1 aromatic rings. The van der Waals surface area contributed by atoms with Gasteiger partial charge in [-0.15, -0.1) is 0 Å². The average Bonchev–Trinajstić information content (AvgIpc) is 2.84. The fraction of sp³-hybridized carbons (Fsp3) is 0.556. The second-order valence-electron chi connectivity index (χ2n) is 7.12. The van der Waals surface area contributed by atoms with Crippen molar-refractivity contribution in [2.24, 2.45) is 0 Å². The van der Waals surface area contributed by atoms with E-state index in [2.05, 4.69) is 15.6 Å². The maximum atomic E-state index is 12.3. The summed E-state index contributed by atoms with van der Waals surface area (Å²) < 4.78 is 5.29. The van der Waals surface area contributed by atoms with Gasteiger partial charge in [-0.1, -0.05) is 0 Å². The molecule has 0 aliphatic carbocycles. The van der Waals surface area contributed by atoms with Gasteiger partial charge in [-0.2, -0.15) is 0 Å². The van der Waals surface area contributed by atoms with Crippen molar-refractivity contribution < 1.29 is 29.0 Å². The molecule has 0 aliphatic heterocycles. The summed E-state index contributed by atoms with van der Waals surface area (Å²) in [5.74, 6) is -2.30. The standard InChI is InChI=1S/C18H27N3O6/c1-10-14(16(24)25)12(21-15(10)17(26)27-18(3,4)5)6-7-13(23)20-9-8-19-11(2)22/h21H,6-9H2,1-5H3,(H,19,22)(H,20,23)(H,24,25). The Bertz CT molecular complexity index is 730. The molecule has 0 atom stereocenters. The Labute approximate surface area is 157 Å². The van der Waals surface area contributed by atoms with Crippen LogP contribution >= 0.6 is 0 Å². The lowest BCUT2D eigenvalue weighted by Crippen LogP contribution is -2.33. The average molecular weight is 381 g/mol. The minimum Gasteiger partial charge on any atom is -0.478 e. The fourth-order valence-electron chi connectivity index (χ4n) is 2.44. The van der Waals surface area contributed by atoms with E-state index in [0.717, 1.165) is 0 Å². The first kappa shape index (κ1) is 22.2. The lowest BCUT2D eigenvalue weighted by molar-refractivity contribution is -0.122. The van der Waals surface area contributed by atoms with Gasteiger partial charge in [0.15, 0.2) is 0 Å². The van der Waals surface area contributed by atoms with Gasteiger partial charge in [-0.05, 0) is 39.7 Å². The fourth-order valence-corrected chi connectivity index (χ4v) is 2.44. The molecule has 4 N–H and O–H groups in total. The van der Waals surface area contributed by atoms with E-state index in [-0.39, 0.29) is 53.7 Å². The van der Waals surface area contributed by atoms with Gasteiger partial charge in [0.05, 0.1) is 5.56 Å². The summed E-state index contributed by atoms with van der Waals surface area (Å²) >= 11 is 0. The summed E-state index contributed by atoms with van der Waals surface area (Å²) in [6, 6.07) is 0. The van der Waals surface area contributed by atoms with Gasteiger partial charge in [0.2, 0.25) is 11.8 Å². The van der Waals surface area contributed by atoms with Gasteiger partial charge in [0, 0.05) is 32.1 Å². The van der Waals surface area contributed by atoms with E-state index < -0.39 is 17.5 Å². The monoisotopic (exact) mass is 381 g/mol. The highest BCUT2D eigenvalue weighted by Crippen LogP contribution is 2.22. The number of carbonyl (C=O) groups is 4. The Hall–Kier alpha value is -2.84. The molecule has 0 saturated heterocycles. The third kappa shape index (κ3) is 7.12. The molecular weight excluding hydrogens is 354 g/mol. The highest BCUT2D eigenvalue weighted by atomic mass is 16.6. The van der Waals surface area contributed by atoms with Crippen molar-refractivity contribution in [2.75, 3.05) is 13.1 Å². The van der Waals surface area contributed by atoms with Gasteiger partial charge in [-0.3, -0.25) is 9.59 Å². The van der Waals surface area contributed by atoms with E-state index >= 15 is 0 Å². The number of H-pyrrole nitrogens is 1. The van der Waals surface area contributed by atoms with Crippen LogP contribution in [0.5, 0.6) is 0 Å². The van der Waals surface area contributed by atoms with Crippen molar-refractivity contribution in [1.82, 2.24) is 15.6 Å². The zero-order valence-electron chi connectivity index (χ0n) is 16.3. The van der Waals surface area contributed by atoms with E-state index in [1.165, 1.54) is 13.8 Å². The van der Waals surface area contributed by atoms with Crippen LogP contribution < -0.4 is 10.6 Å². The Balaban J connectivity index is 2.81. The Morgan fingerprint density at radius 3 is 2.22 bits per heavy atom. The molecule has 9 nitrogen and oxygen atoms in total. The first-order valence-electron chi connectivity index (χ1n) is 8.61. The van der Waals surface area contributed by atoms with Gasteiger partial charge in [0.1, 0.15) is 11.3 Å². The van der Waals surface area contributed by atoms with Crippen LogP contribution in [0.15, 0.2) is 0 Å². The molecule has 1 aromatic heterocycles. The molecule has 2 amide bonds. The number of amides is 2. The number of hydrogen-bond acceptors (Lipinski definition) is 5. The maximum Gasteiger partial charge on any atom is 0.355 e. The minimum absolute atomic E-state index is 0.0260. The number of nitrogens with one attached hydrogen (secondary N) is 3. The number of carboxylic acids is 1. The molecule has 0 spiro atoms. The van der Waals surface area contributed by atoms with E-state index in [4.69, 9.17) is 4.74 Å².